The molecule has 2 unspecified atom stereocenters. The third kappa shape index (κ3) is 2.95. The molecule has 0 bridgehead atoms. The largest absolute Gasteiger partial charge is 0.326 e. The maximum absolute atomic E-state index is 6.30. The minimum atomic E-state index is 0.0958. The van der Waals surface area contributed by atoms with Crippen LogP contribution in [0.5, 0.6) is 0 Å². The summed E-state index contributed by atoms with van der Waals surface area (Å²) < 4.78 is 1.86. The van der Waals surface area contributed by atoms with Crippen molar-refractivity contribution in [1.29, 1.82) is 0 Å². The average molecular weight is 290 g/mol. The van der Waals surface area contributed by atoms with Gasteiger partial charge in [-0.3, -0.25) is 9.58 Å². The second-order valence-electron chi connectivity index (χ2n) is 5.79. The molecule has 1 aliphatic rings. The lowest BCUT2D eigenvalue weighted by atomic mass is 10.0. The van der Waals surface area contributed by atoms with Gasteiger partial charge in [0.1, 0.15) is 0 Å². The normalized spacial score (nSPS) is 18.4. The van der Waals surface area contributed by atoms with Gasteiger partial charge in [-0.05, 0) is 42.2 Å². The Morgan fingerprint density at radius 1 is 1.55 bits per heavy atom. The molecule has 0 spiro atoms. The number of nitrogens with zero attached hydrogens (tertiary/aromatic N) is 3. The molecule has 5 heteroatoms. The Bertz CT molecular complexity index is 542. The zero-order chi connectivity index (χ0) is 14.1. The van der Waals surface area contributed by atoms with Crippen molar-refractivity contribution in [2.45, 2.75) is 44.4 Å². The van der Waals surface area contributed by atoms with Crippen LogP contribution in [0.1, 0.15) is 36.9 Å². The third-order valence-electron chi connectivity index (χ3n) is 3.88. The Balaban J connectivity index is 1.86. The van der Waals surface area contributed by atoms with Gasteiger partial charge in [-0.1, -0.05) is 0 Å². The summed E-state index contributed by atoms with van der Waals surface area (Å²) in [6, 6.07) is 3.22. The highest BCUT2D eigenvalue weighted by molar-refractivity contribution is 7.07. The quantitative estimate of drug-likeness (QED) is 0.889. The van der Waals surface area contributed by atoms with Crippen LogP contribution >= 0.6 is 11.3 Å². The van der Waals surface area contributed by atoms with Crippen LogP contribution in [-0.4, -0.2) is 26.8 Å². The molecule has 1 fully saturated rings. The first-order chi connectivity index (χ1) is 9.65. The SMILES string of the molecule is CC(N)C(c1cnn(C)c1)N(Cc1ccsc1)C1CC1. The van der Waals surface area contributed by atoms with Crippen molar-refractivity contribution >= 4 is 11.3 Å². The van der Waals surface area contributed by atoms with E-state index in [9.17, 15) is 0 Å². The number of hydrogen-bond acceptors (Lipinski definition) is 4. The monoisotopic (exact) mass is 290 g/mol. The van der Waals surface area contributed by atoms with Crippen LogP contribution in [-0.2, 0) is 13.6 Å². The highest BCUT2D eigenvalue weighted by atomic mass is 32.1. The fourth-order valence-corrected chi connectivity index (χ4v) is 3.50. The molecule has 2 heterocycles. The van der Waals surface area contributed by atoms with Gasteiger partial charge in [0.25, 0.3) is 0 Å². The van der Waals surface area contributed by atoms with E-state index in [1.807, 2.05) is 17.9 Å². The molecule has 2 aromatic heterocycles. The van der Waals surface area contributed by atoms with E-state index >= 15 is 0 Å². The molecule has 1 saturated carbocycles. The molecule has 1 aliphatic carbocycles. The van der Waals surface area contributed by atoms with Gasteiger partial charge in [0.2, 0.25) is 0 Å². The molecule has 2 N–H and O–H groups in total. The molecule has 0 aromatic carbocycles. The van der Waals surface area contributed by atoms with Crippen molar-refractivity contribution in [2.24, 2.45) is 12.8 Å². The fourth-order valence-electron chi connectivity index (χ4n) is 2.84. The molecule has 108 valence electrons. The number of aromatic nitrogens is 2. The Hall–Kier alpha value is -1.17. The zero-order valence-corrected chi connectivity index (χ0v) is 12.9. The molecular formula is C15H22N4S. The van der Waals surface area contributed by atoms with Gasteiger partial charge in [0, 0.05) is 37.4 Å². The smallest absolute Gasteiger partial charge is 0.0538 e. The number of rotatable bonds is 6. The van der Waals surface area contributed by atoms with Gasteiger partial charge in [-0.25, -0.2) is 0 Å². The summed E-state index contributed by atoms with van der Waals surface area (Å²) in [6.45, 7) is 3.08. The number of hydrogen-bond donors (Lipinski definition) is 1. The van der Waals surface area contributed by atoms with Crippen molar-refractivity contribution in [1.82, 2.24) is 14.7 Å². The summed E-state index contributed by atoms with van der Waals surface area (Å²) in [5.74, 6) is 0. The average Bonchev–Trinajstić information content (AvgIpc) is 2.96. The van der Waals surface area contributed by atoms with Gasteiger partial charge < -0.3 is 5.73 Å². The lowest BCUT2D eigenvalue weighted by Crippen LogP contribution is -2.40. The first-order valence-corrected chi connectivity index (χ1v) is 8.10. The first kappa shape index (κ1) is 13.8. The molecule has 0 aliphatic heterocycles. The van der Waals surface area contributed by atoms with Crippen molar-refractivity contribution in [3.63, 3.8) is 0 Å². The van der Waals surface area contributed by atoms with Crippen LogP contribution in [0.4, 0.5) is 0 Å². The molecule has 2 atom stereocenters. The molecule has 4 nitrogen and oxygen atoms in total. The predicted molar refractivity (Wildman–Crippen MR) is 82.5 cm³/mol. The highest BCUT2D eigenvalue weighted by Crippen LogP contribution is 2.37. The van der Waals surface area contributed by atoms with Crippen LogP contribution in [0.15, 0.2) is 29.2 Å². The summed E-state index contributed by atoms with van der Waals surface area (Å²) in [5, 5.41) is 8.69. The number of nitrogens with two attached hydrogens (primary N) is 1. The molecule has 0 radical (unpaired) electrons. The van der Waals surface area contributed by atoms with Gasteiger partial charge >= 0.3 is 0 Å². The second-order valence-corrected chi connectivity index (χ2v) is 6.57. The van der Waals surface area contributed by atoms with Crippen LogP contribution in [0.25, 0.3) is 0 Å². The van der Waals surface area contributed by atoms with Gasteiger partial charge in [0.15, 0.2) is 0 Å². The summed E-state index contributed by atoms with van der Waals surface area (Å²) >= 11 is 1.76. The van der Waals surface area contributed by atoms with Crippen molar-refractivity contribution < 1.29 is 0 Å². The standard InChI is InChI=1S/C15H22N4S/c1-11(16)15(13-7-17-18(2)9-13)19(14-3-4-14)8-12-5-6-20-10-12/h5-7,9-11,14-15H,3-4,8,16H2,1-2H3. The summed E-state index contributed by atoms with van der Waals surface area (Å²) in [7, 11) is 1.96. The molecule has 3 rings (SSSR count). The highest BCUT2D eigenvalue weighted by Gasteiger charge is 2.36. The van der Waals surface area contributed by atoms with Crippen LogP contribution in [0.2, 0.25) is 0 Å². The topological polar surface area (TPSA) is 47.1 Å². The lowest BCUT2D eigenvalue weighted by Gasteiger charge is -2.33. The Labute approximate surface area is 124 Å². The second kappa shape index (κ2) is 5.68. The molecule has 0 amide bonds. The van der Waals surface area contributed by atoms with Crippen LogP contribution in [0.3, 0.4) is 0 Å². The van der Waals surface area contributed by atoms with E-state index in [-0.39, 0.29) is 12.1 Å². The Kier molecular flexibility index (Phi) is 3.92. The number of thiophene rings is 1. The van der Waals surface area contributed by atoms with E-state index in [2.05, 4.69) is 39.9 Å². The first-order valence-electron chi connectivity index (χ1n) is 7.16. The van der Waals surface area contributed by atoms with E-state index in [1.54, 1.807) is 11.3 Å². The molecule has 0 saturated heterocycles. The molecule has 2 aromatic rings. The van der Waals surface area contributed by atoms with E-state index in [4.69, 9.17) is 5.73 Å². The van der Waals surface area contributed by atoms with Crippen molar-refractivity contribution in [3.05, 3.63) is 40.3 Å². The van der Waals surface area contributed by atoms with Gasteiger partial charge in [-0.2, -0.15) is 16.4 Å². The third-order valence-corrected chi connectivity index (χ3v) is 4.61. The predicted octanol–water partition coefficient (Wildman–Crippen LogP) is 2.53. The van der Waals surface area contributed by atoms with E-state index < -0.39 is 0 Å². The maximum atomic E-state index is 6.30. The molecule has 20 heavy (non-hydrogen) atoms. The summed E-state index contributed by atoms with van der Waals surface area (Å²) in [5.41, 5.74) is 8.91. The van der Waals surface area contributed by atoms with E-state index in [0.29, 0.717) is 6.04 Å². The minimum Gasteiger partial charge on any atom is -0.326 e. The van der Waals surface area contributed by atoms with Crippen LogP contribution in [0, 0.1) is 0 Å². The van der Waals surface area contributed by atoms with E-state index in [1.165, 1.54) is 24.0 Å². The fraction of sp³-hybridized carbons (Fsp3) is 0.533. The molecular weight excluding hydrogens is 268 g/mol. The summed E-state index contributed by atoms with van der Waals surface area (Å²) in [4.78, 5) is 2.56. The van der Waals surface area contributed by atoms with Gasteiger partial charge in [0.05, 0.1) is 12.2 Å². The summed E-state index contributed by atoms with van der Waals surface area (Å²) in [6.07, 6.45) is 6.62. The van der Waals surface area contributed by atoms with Crippen molar-refractivity contribution in [2.75, 3.05) is 0 Å². The number of aryl methyl sites for hydroxylation is 1. The van der Waals surface area contributed by atoms with E-state index in [0.717, 1.165) is 6.54 Å². The Morgan fingerprint density at radius 3 is 2.85 bits per heavy atom. The minimum absolute atomic E-state index is 0.0958. The Morgan fingerprint density at radius 2 is 2.35 bits per heavy atom. The van der Waals surface area contributed by atoms with Crippen molar-refractivity contribution in [3.8, 4) is 0 Å². The zero-order valence-electron chi connectivity index (χ0n) is 12.1. The maximum Gasteiger partial charge on any atom is 0.0538 e. The van der Waals surface area contributed by atoms with Gasteiger partial charge in [-0.15, -0.1) is 0 Å². The lowest BCUT2D eigenvalue weighted by molar-refractivity contribution is 0.157. The van der Waals surface area contributed by atoms with Crippen LogP contribution < -0.4 is 5.73 Å².